The third-order valence-electron chi connectivity index (χ3n) is 8.70. The van der Waals surface area contributed by atoms with Gasteiger partial charge in [0.25, 0.3) is 5.91 Å². The quantitative estimate of drug-likeness (QED) is 0.213. The molecule has 232 valence electrons. The van der Waals surface area contributed by atoms with Crippen molar-refractivity contribution in [1.82, 2.24) is 35.1 Å². The summed E-state index contributed by atoms with van der Waals surface area (Å²) in [7, 11) is 1.72. The number of hydrogen-bond acceptors (Lipinski definition) is 5. The molecule has 0 radical (unpaired) electrons. The van der Waals surface area contributed by atoms with E-state index in [-0.39, 0.29) is 23.3 Å². The smallest absolute Gasteiger partial charge is 0.270 e. The molecule has 0 spiro atoms. The van der Waals surface area contributed by atoms with Crippen LogP contribution in [-0.4, -0.2) is 47.6 Å². The molecule has 1 aliphatic rings. The molecule has 0 saturated heterocycles. The zero-order valence-electron chi connectivity index (χ0n) is 26.7. The summed E-state index contributed by atoms with van der Waals surface area (Å²) in [6, 6.07) is 15.0. The molecule has 0 bridgehead atoms. The lowest BCUT2D eigenvalue weighted by Crippen LogP contribution is -2.48. The summed E-state index contributed by atoms with van der Waals surface area (Å²) in [5.41, 5.74) is 9.21. The van der Waals surface area contributed by atoms with Crippen LogP contribution < -0.4 is 10.6 Å². The van der Waals surface area contributed by atoms with Gasteiger partial charge in [-0.05, 0) is 94.3 Å². The number of carbonyl (C=O) groups excluding carboxylic acids is 2. The van der Waals surface area contributed by atoms with Gasteiger partial charge in [-0.25, -0.2) is 0 Å². The third-order valence-corrected chi connectivity index (χ3v) is 8.70. The number of anilines is 1. The fraction of sp³-hybridized carbons (Fsp3) is 0.343. The maximum absolute atomic E-state index is 14.1. The first kappa shape index (κ1) is 30.1. The molecule has 1 unspecified atom stereocenters. The van der Waals surface area contributed by atoms with E-state index in [1.807, 2.05) is 49.0 Å². The maximum Gasteiger partial charge on any atom is 0.270 e. The molecule has 3 aromatic heterocycles. The Labute approximate surface area is 263 Å². The summed E-state index contributed by atoms with van der Waals surface area (Å²) in [5, 5.41) is 22.3. The highest BCUT2D eigenvalue weighted by atomic mass is 16.2. The van der Waals surface area contributed by atoms with E-state index in [0.29, 0.717) is 11.4 Å². The summed E-state index contributed by atoms with van der Waals surface area (Å²) in [5.74, 6) is -0.831. The van der Waals surface area contributed by atoms with Crippen molar-refractivity contribution < 1.29 is 9.59 Å². The average Bonchev–Trinajstić information content (AvgIpc) is 3.76. The fourth-order valence-electron chi connectivity index (χ4n) is 6.28. The van der Waals surface area contributed by atoms with Crippen molar-refractivity contribution in [3.63, 3.8) is 0 Å². The normalized spacial score (nSPS) is 15.4. The zero-order valence-corrected chi connectivity index (χ0v) is 26.7. The minimum absolute atomic E-state index is 0.136. The molecular formula is C35H40N8O2. The molecule has 45 heavy (non-hydrogen) atoms. The Bertz CT molecular complexity index is 1840. The number of aryl methyl sites for hydroxylation is 4. The molecule has 3 N–H and O–H groups in total. The van der Waals surface area contributed by atoms with Crippen molar-refractivity contribution in [2.75, 3.05) is 5.32 Å². The van der Waals surface area contributed by atoms with Gasteiger partial charge in [-0.15, -0.1) is 0 Å². The predicted molar refractivity (Wildman–Crippen MR) is 175 cm³/mol. The van der Waals surface area contributed by atoms with Crippen molar-refractivity contribution in [3.05, 3.63) is 95.3 Å². The van der Waals surface area contributed by atoms with Crippen LogP contribution in [-0.2, 0) is 23.8 Å². The highest BCUT2D eigenvalue weighted by molar-refractivity contribution is 6.01. The van der Waals surface area contributed by atoms with E-state index in [9.17, 15) is 9.59 Å². The minimum atomic E-state index is -0.808. The summed E-state index contributed by atoms with van der Waals surface area (Å²) < 4.78 is 3.48. The molecule has 0 aliphatic heterocycles. The third kappa shape index (κ3) is 6.05. The molecule has 0 saturated carbocycles. The molecule has 1 aliphatic carbocycles. The molecule has 2 amide bonds. The highest BCUT2D eigenvalue weighted by Crippen LogP contribution is 2.38. The van der Waals surface area contributed by atoms with Crippen molar-refractivity contribution in [2.24, 2.45) is 7.05 Å². The van der Waals surface area contributed by atoms with Gasteiger partial charge in [-0.1, -0.05) is 30.3 Å². The summed E-state index contributed by atoms with van der Waals surface area (Å²) in [4.78, 5) is 27.6. The maximum atomic E-state index is 14.1. The van der Waals surface area contributed by atoms with Gasteiger partial charge in [0.1, 0.15) is 11.7 Å². The van der Waals surface area contributed by atoms with E-state index in [4.69, 9.17) is 0 Å². The number of aromatic amines is 1. The number of amides is 2. The van der Waals surface area contributed by atoms with Crippen LogP contribution in [0.3, 0.4) is 0 Å². The Kier molecular flexibility index (Phi) is 7.90. The first-order chi connectivity index (χ1) is 21.5. The van der Waals surface area contributed by atoms with Crippen LogP contribution in [0.15, 0.2) is 67.1 Å². The summed E-state index contributed by atoms with van der Waals surface area (Å²) in [6.45, 7) is 10.3. The number of nitrogens with one attached hydrogen (secondary N) is 3. The summed E-state index contributed by atoms with van der Waals surface area (Å²) in [6.07, 6.45) is 8.13. The molecule has 0 fully saturated rings. The van der Waals surface area contributed by atoms with Crippen LogP contribution in [0.4, 0.5) is 5.69 Å². The number of hydrogen-bond donors (Lipinski definition) is 3. The van der Waals surface area contributed by atoms with Gasteiger partial charge in [-0.3, -0.25) is 24.1 Å². The SMILES string of the molecule is Cc1n[nH]c(C)c1-c1ccc(NC(=O)C(NC(=O)c2ccnn2C)[C@@H]2CCCc3ccc(-c4cnn(C(C)(C)C)c4)cc32)cc1. The van der Waals surface area contributed by atoms with Crippen LogP contribution in [0.5, 0.6) is 0 Å². The number of nitrogens with zero attached hydrogens (tertiary/aromatic N) is 5. The minimum Gasteiger partial charge on any atom is -0.338 e. The molecule has 2 atom stereocenters. The molecule has 3 heterocycles. The summed E-state index contributed by atoms with van der Waals surface area (Å²) >= 11 is 0. The number of benzene rings is 2. The van der Waals surface area contributed by atoms with Crippen molar-refractivity contribution in [3.8, 4) is 22.3 Å². The van der Waals surface area contributed by atoms with Crippen LogP contribution in [0.2, 0.25) is 0 Å². The lowest BCUT2D eigenvalue weighted by atomic mass is 9.77. The van der Waals surface area contributed by atoms with E-state index in [0.717, 1.165) is 58.5 Å². The van der Waals surface area contributed by atoms with Gasteiger partial charge in [0, 0.05) is 47.9 Å². The number of carbonyl (C=O) groups is 2. The number of rotatable bonds is 7. The average molecular weight is 605 g/mol. The lowest BCUT2D eigenvalue weighted by molar-refractivity contribution is -0.118. The molecular weight excluding hydrogens is 564 g/mol. The second-order valence-electron chi connectivity index (χ2n) is 12.9. The van der Waals surface area contributed by atoms with E-state index in [2.05, 4.69) is 76.2 Å². The number of aromatic nitrogens is 6. The largest absolute Gasteiger partial charge is 0.338 e. The van der Waals surface area contributed by atoms with Gasteiger partial charge in [-0.2, -0.15) is 15.3 Å². The van der Waals surface area contributed by atoms with E-state index in [1.165, 1.54) is 10.2 Å². The van der Waals surface area contributed by atoms with Crippen LogP contribution >= 0.6 is 0 Å². The Balaban J connectivity index is 1.32. The van der Waals surface area contributed by atoms with Crippen LogP contribution in [0, 0.1) is 13.8 Å². The van der Waals surface area contributed by atoms with E-state index in [1.54, 1.807) is 19.3 Å². The second kappa shape index (κ2) is 11.8. The Hall–Kier alpha value is -4.99. The van der Waals surface area contributed by atoms with Crippen molar-refractivity contribution in [1.29, 1.82) is 0 Å². The van der Waals surface area contributed by atoms with Gasteiger partial charge in [0.05, 0.1) is 17.4 Å². The second-order valence-corrected chi connectivity index (χ2v) is 12.9. The van der Waals surface area contributed by atoms with Gasteiger partial charge < -0.3 is 10.6 Å². The zero-order chi connectivity index (χ0) is 31.9. The molecule has 2 aromatic carbocycles. The Morgan fingerprint density at radius 2 is 1.76 bits per heavy atom. The molecule has 6 rings (SSSR count). The Morgan fingerprint density at radius 1 is 1.00 bits per heavy atom. The Morgan fingerprint density at radius 3 is 2.40 bits per heavy atom. The standard InChI is InChI=1S/C35H40N8O2/c1-21-31(22(2)41-40-21)24-12-14-27(15-13-24)38-34(45)32(39-33(44)30-16-17-36-42(30)6)28-9-7-8-23-10-11-25(18-29(23)28)26-19-37-43(20-26)35(3,4)5/h10-20,28,32H,7-9H2,1-6H3,(H,38,45)(H,39,44)(H,40,41)/t28-,32?/m1/s1. The molecule has 5 aromatic rings. The van der Waals surface area contributed by atoms with Crippen LogP contribution in [0.1, 0.15) is 72.5 Å². The predicted octanol–water partition coefficient (Wildman–Crippen LogP) is 5.90. The molecule has 10 heteroatoms. The lowest BCUT2D eigenvalue weighted by Gasteiger charge is -2.32. The van der Waals surface area contributed by atoms with Crippen molar-refractivity contribution >= 4 is 17.5 Å². The number of fused-ring (bicyclic) bond motifs is 1. The first-order valence-corrected chi connectivity index (χ1v) is 15.4. The van der Waals surface area contributed by atoms with E-state index < -0.39 is 6.04 Å². The fourth-order valence-corrected chi connectivity index (χ4v) is 6.28. The molecule has 10 nitrogen and oxygen atoms in total. The van der Waals surface area contributed by atoms with Gasteiger partial charge >= 0.3 is 0 Å². The van der Waals surface area contributed by atoms with E-state index >= 15 is 0 Å². The topological polar surface area (TPSA) is 123 Å². The highest BCUT2D eigenvalue weighted by Gasteiger charge is 2.35. The van der Waals surface area contributed by atoms with Crippen molar-refractivity contribution in [2.45, 2.75) is 71.4 Å². The first-order valence-electron chi connectivity index (χ1n) is 15.4. The van der Waals surface area contributed by atoms with Gasteiger partial charge in [0.15, 0.2) is 0 Å². The number of H-pyrrole nitrogens is 1. The monoisotopic (exact) mass is 604 g/mol. The van der Waals surface area contributed by atoms with Gasteiger partial charge in [0.2, 0.25) is 5.91 Å². The van der Waals surface area contributed by atoms with Crippen LogP contribution in [0.25, 0.3) is 22.3 Å².